The van der Waals surface area contributed by atoms with Crippen molar-refractivity contribution < 1.29 is 13.8 Å². The lowest BCUT2D eigenvalue weighted by Crippen LogP contribution is -2.18. The fraction of sp³-hybridized carbons (Fsp3) is 0.929. The van der Waals surface area contributed by atoms with Gasteiger partial charge in [0, 0.05) is 6.42 Å². The standard InChI is InChI=1S/C14H29O3PS2/c1-7-16-18(19,17-8-2)20-11-13(15)10-9-12(3)14(4,5)6/h12H,7-11H2,1-6H3. The predicted octanol–water partition coefficient (Wildman–Crippen LogP) is 5.05. The van der Waals surface area contributed by atoms with Crippen LogP contribution in [0, 0.1) is 11.3 Å². The molecule has 0 aliphatic carbocycles. The maximum Gasteiger partial charge on any atom is 0.247 e. The minimum atomic E-state index is -2.32. The maximum atomic E-state index is 12.0. The molecule has 0 heterocycles. The van der Waals surface area contributed by atoms with E-state index in [1.807, 2.05) is 13.8 Å². The molecule has 0 saturated carbocycles. The lowest BCUT2D eigenvalue weighted by molar-refractivity contribution is -0.117. The van der Waals surface area contributed by atoms with Gasteiger partial charge in [-0.15, -0.1) is 0 Å². The highest BCUT2D eigenvalue weighted by Gasteiger charge is 2.23. The van der Waals surface area contributed by atoms with Gasteiger partial charge in [0.15, 0.2) is 0 Å². The van der Waals surface area contributed by atoms with Gasteiger partial charge >= 0.3 is 0 Å². The van der Waals surface area contributed by atoms with Gasteiger partial charge in [-0.1, -0.05) is 39.1 Å². The van der Waals surface area contributed by atoms with E-state index >= 15 is 0 Å². The second-order valence-corrected chi connectivity index (χ2v) is 12.2. The van der Waals surface area contributed by atoms with Crippen molar-refractivity contribution in [2.75, 3.05) is 19.0 Å². The fourth-order valence-electron chi connectivity index (χ4n) is 1.46. The SMILES string of the molecule is CCOP(=S)(OCC)SCC(=O)CCC(C)C(C)(C)C. The highest BCUT2D eigenvalue weighted by molar-refractivity contribution is 8.68. The number of carbonyl (C=O) groups is 1. The minimum Gasteiger partial charge on any atom is -0.322 e. The van der Waals surface area contributed by atoms with Gasteiger partial charge in [0.25, 0.3) is 0 Å². The van der Waals surface area contributed by atoms with Gasteiger partial charge in [-0.3, -0.25) is 4.79 Å². The molecule has 0 radical (unpaired) electrons. The molecular weight excluding hydrogens is 311 g/mol. The second-order valence-electron chi connectivity index (χ2n) is 5.90. The van der Waals surface area contributed by atoms with Crippen molar-refractivity contribution in [1.29, 1.82) is 0 Å². The molecule has 3 nitrogen and oxygen atoms in total. The average Bonchev–Trinajstić information content (AvgIpc) is 2.33. The summed E-state index contributed by atoms with van der Waals surface area (Å²) in [5, 5.41) is 0. The van der Waals surface area contributed by atoms with Gasteiger partial charge in [0.05, 0.1) is 19.0 Å². The molecule has 6 heteroatoms. The molecule has 0 aliphatic rings. The van der Waals surface area contributed by atoms with Crippen LogP contribution in [0.15, 0.2) is 0 Å². The summed E-state index contributed by atoms with van der Waals surface area (Å²) in [6, 6.07) is 0. The van der Waals surface area contributed by atoms with E-state index in [-0.39, 0.29) is 11.2 Å². The summed E-state index contributed by atoms with van der Waals surface area (Å²) < 4.78 is 11.0. The Labute approximate surface area is 133 Å². The van der Waals surface area contributed by atoms with Crippen molar-refractivity contribution in [2.45, 2.75) is 54.4 Å². The molecule has 0 saturated heterocycles. The van der Waals surface area contributed by atoms with Crippen molar-refractivity contribution in [1.82, 2.24) is 0 Å². The third-order valence-corrected chi connectivity index (χ3v) is 8.76. The third-order valence-electron chi connectivity index (χ3n) is 3.29. The molecule has 0 spiro atoms. The molecule has 0 aromatic carbocycles. The average molecular weight is 340 g/mol. The van der Waals surface area contributed by atoms with Crippen LogP contribution in [0.1, 0.15) is 54.4 Å². The van der Waals surface area contributed by atoms with Gasteiger partial charge < -0.3 is 9.05 Å². The smallest absolute Gasteiger partial charge is 0.247 e. The van der Waals surface area contributed by atoms with Crippen LogP contribution in [0.25, 0.3) is 0 Å². The zero-order valence-electron chi connectivity index (χ0n) is 13.6. The first-order valence-electron chi connectivity index (χ1n) is 7.20. The van der Waals surface area contributed by atoms with Gasteiger partial charge in [-0.05, 0) is 43.4 Å². The molecule has 120 valence electrons. The second kappa shape index (κ2) is 9.58. The molecule has 0 aromatic rings. The normalized spacial score (nSPS) is 14.3. The van der Waals surface area contributed by atoms with E-state index in [0.717, 1.165) is 6.42 Å². The van der Waals surface area contributed by atoms with E-state index in [0.29, 0.717) is 31.3 Å². The fourth-order valence-corrected chi connectivity index (χ4v) is 5.86. The lowest BCUT2D eigenvalue weighted by Gasteiger charge is -2.27. The largest absolute Gasteiger partial charge is 0.322 e. The monoisotopic (exact) mass is 340 g/mol. The van der Waals surface area contributed by atoms with Crippen molar-refractivity contribution >= 4 is 34.7 Å². The summed E-state index contributed by atoms with van der Waals surface area (Å²) in [5.41, 5.74) is -2.08. The number of rotatable bonds is 10. The summed E-state index contributed by atoms with van der Waals surface area (Å²) in [7, 11) is 0. The van der Waals surface area contributed by atoms with Crippen molar-refractivity contribution in [3.05, 3.63) is 0 Å². The quantitative estimate of drug-likeness (QED) is 0.520. The van der Waals surface area contributed by atoms with Gasteiger partial charge in [-0.2, -0.15) is 0 Å². The number of Topliss-reactive ketones (excluding diaryl/α,β-unsaturated/α-hetero) is 1. The topological polar surface area (TPSA) is 35.5 Å². The lowest BCUT2D eigenvalue weighted by atomic mass is 9.79. The van der Waals surface area contributed by atoms with Gasteiger partial charge in [0.2, 0.25) is 5.69 Å². The van der Waals surface area contributed by atoms with Crippen LogP contribution < -0.4 is 0 Å². The first-order valence-corrected chi connectivity index (χ1v) is 11.4. The Morgan fingerprint density at radius 3 is 2.15 bits per heavy atom. The summed E-state index contributed by atoms with van der Waals surface area (Å²) in [5.74, 6) is 1.16. The molecule has 0 aliphatic heterocycles. The molecule has 1 unspecified atom stereocenters. The van der Waals surface area contributed by atoms with Crippen molar-refractivity contribution in [3.63, 3.8) is 0 Å². The summed E-state index contributed by atoms with van der Waals surface area (Å²) in [6.45, 7) is 13.7. The molecule has 0 rings (SSSR count). The molecular formula is C14H29O3PS2. The minimum absolute atomic E-state index is 0.236. The zero-order chi connectivity index (χ0) is 15.8. The Bertz CT molecular complexity index is 330. The van der Waals surface area contributed by atoms with E-state index < -0.39 is 5.69 Å². The van der Waals surface area contributed by atoms with Crippen LogP contribution in [0.2, 0.25) is 0 Å². The van der Waals surface area contributed by atoms with Crippen LogP contribution in [0.4, 0.5) is 0 Å². The number of carbonyl (C=O) groups excluding carboxylic acids is 1. The summed E-state index contributed by atoms with van der Waals surface area (Å²) in [6.07, 6.45) is 1.54. The van der Waals surface area contributed by atoms with E-state index in [1.165, 1.54) is 11.4 Å². The van der Waals surface area contributed by atoms with Crippen molar-refractivity contribution in [2.24, 2.45) is 11.3 Å². The third kappa shape index (κ3) is 8.78. The van der Waals surface area contributed by atoms with E-state index in [9.17, 15) is 4.79 Å². The highest BCUT2D eigenvalue weighted by Crippen LogP contribution is 2.60. The van der Waals surface area contributed by atoms with Crippen LogP contribution in [-0.2, 0) is 25.6 Å². The predicted molar refractivity (Wildman–Crippen MR) is 92.9 cm³/mol. The molecule has 0 bridgehead atoms. The number of hydrogen-bond donors (Lipinski definition) is 0. The van der Waals surface area contributed by atoms with Crippen molar-refractivity contribution in [3.8, 4) is 0 Å². The summed E-state index contributed by atoms with van der Waals surface area (Å²) >= 11 is 6.76. The zero-order valence-corrected chi connectivity index (χ0v) is 16.1. The van der Waals surface area contributed by atoms with E-state index in [1.54, 1.807) is 0 Å². The van der Waals surface area contributed by atoms with Crippen LogP contribution in [0.3, 0.4) is 0 Å². The molecule has 0 fully saturated rings. The molecule has 20 heavy (non-hydrogen) atoms. The van der Waals surface area contributed by atoms with E-state index in [2.05, 4.69) is 27.7 Å². The molecule has 1 atom stereocenters. The first kappa shape index (κ1) is 20.6. The Balaban J connectivity index is 4.18. The van der Waals surface area contributed by atoms with Crippen LogP contribution in [0.5, 0.6) is 0 Å². The molecule has 0 amide bonds. The Hall–Kier alpha value is 0.590. The van der Waals surface area contributed by atoms with E-state index in [4.69, 9.17) is 20.9 Å². The molecule has 0 N–H and O–H groups in total. The highest BCUT2D eigenvalue weighted by atomic mass is 32.9. The van der Waals surface area contributed by atoms with Gasteiger partial charge in [-0.25, -0.2) is 0 Å². The first-order chi connectivity index (χ1) is 9.14. The summed E-state index contributed by atoms with van der Waals surface area (Å²) in [4.78, 5) is 12.0. The Morgan fingerprint density at radius 1 is 1.25 bits per heavy atom. The number of hydrogen-bond acceptors (Lipinski definition) is 5. The maximum absolute atomic E-state index is 12.0. The Morgan fingerprint density at radius 2 is 1.75 bits per heavy atom. The van der Waals surface area contributed by atoms with Crippen LogP contribution >= 0.6 is 17.1 Å². The van der Waals surface area contributed by atoms with Gasteiger partial charge in [0.1, 0.15) is 5.78 Å². The number of ketones is 1. The van der Waals surface area contributed by atoms with Crippen LogP contribution in [-0.4, -0.2) is 24.7 Å². The Kier molecular flexibility index (Phi) is 9.86. The molecule has 0 aromatic heterocycles.